The molecule has 0 amide bonds. The number of H-pyrrole nitrogens is 3. The van der Waals surface area contributed by atoms with E-state index in [1.54, 1.807) is 0 Å². The molecule has 3 nitrogen and oxygen atoms in total. The summed E-state index contributed by atoms with van der Waals surface area (Å²) in [5.74, 6) is 0. The van der Waals surface area contributed by atoms with E-state index in [0.29, 0.717) is 4.77 Å². The molecule has 56 valence electrons. The minimum atomic E-state index is 0.634. The molecule has 0 unspecified atom stereocenters. The van der Waals surface area contributed by atoms with Crippen molar-refractivity contribution in [2.75, 3.05) is 0 Å². The first-order valence-corrected chi connectivity index (χ1v) is 4.25. The van der Waals surface area contributed by atoms with E-state index in [4.69, 9.17) is 12.2 Å². The zero-order valence-electron chi connectivity index (χ0n) is 5.44. The van der Waals surface area contributed by atoms with Gasteiger partial charge in [-0.25, -0.2) is 9.97 Å². The van der Waals surface area contributed by atoms with E-state index in [1.165, 1.54) is 0 Å². The summed E-state index contributed by atoms with van der Waals surface area (Å²) >= 11 is 8.25. The number of nitrogens with one attached hydrogen (secondary N) is 3. The average molecular weight is 231 g/mol. The Morgan fingerprint density at radius 1 is 1.45 bits per heavy atom. The van der Waals surface area contributed by atoms with Crippen LogP contribution in [-0.4, -0.2) is 9.97 Å². The summed E-state index contributed by atoms with van der Waals surface area (Å²) in [5, 5.41) is 0. The van der Waals surface area contributed by atoms with Crippen molar-refractivity contribution in [2.45, 2.75) is 0 Å². The number of hydrogen-bond donors (Lipinski definition) is 2. The molecule has 0 fully saturated rings. The van der Waals surface area contributed by atoms with Crippen LogP contribution in [0, 0.1) is 4.77 Å². The van der Waals surface area contributed by atoms with Gasteiger partial charge in [-0.2, -0.15) is 0 Å². The fourth-order valence-corrected chi connectivity index (χ4v) is 1.50. The molecule has 0 atom stereocenters. The highest BCUT2D eigenvalue weighted by molar-refractivity contribution is 9.10. The zero-order valence-corrected chi connectivity index (χ0v) is 7.84. The lowest BCUT2D eigenvalue weighted by Gasteiger charge is -1.83. The summed E-state index contributed by atoms with van der Waals surface area (Å²) in [6.45, 7) is 0. The monoisotopic (exact) mass is 230 g/mol. The van der Waals surface area contributed by atoms with Crippen LogP contribution in [0.2, 0.25) is 0 Å². The second-order valence-electron chi connectivity index (χ2n) is 2.19. The summed E-state index contributed by atoms with van der Waals surface area (Å²) < 4.78 is 1.63. The molecule has 0 aliphatic rings. The molecule has 11 heavy (non-hydrogen) atoms. The molecule has 5 heteroatoms. The molecule has 0 spiro atoms. The standard InChI is InChI=1S/C6H4BrN3S/c7-3-1-4-5(8-2-3)10-6(11)9-4/h1-2H,(H2,8,9,10,11)/p+1. The number of aromatic amines is 3. The smallest absolute Gasteiger partial charge is 0.303 e. The normalized spacial score (nSPS) is 10.6. The zero-order chi connectivity index (χ0) is 7.84. The van der Waals surface area contributed by atoms with Crippen molar-refractivity contribution in [1.82, 2.24) is 9.97 Å². The van der Waals surface area contributed by atoms with Crippen LogP contribution >= 0.6 is 28.1 Å². The lowest BCUT2D eigenvalue weighted by molar-refractivity contribution is -0.348. The summed E-state index contributed by atoms with van der Waals surface area (Å²) in [5.41, 5.74) is 1.89. The predicted octanol–water partition coefficient (Wildman–Crippen LogP) is 1.80. The number of rotatable bonds is 0. The number of imidazole rings is 1. The maximum atomic E-state index is 4.91. The molecule has 2 heterocycles. The molecule has 2 aromatic heterocycles. The van der Waals surface area contributed by atoms with Gasteiger partial charge < -0.3 is 4.98 Å². The molecule has 0 saturated carbocycles. The van der Waals surface area contributed by atoms with E-state index in [9.17, 15) is 0 Å². The molecule has 0 radical (unpaired) electrons. The maximum Gasteiger partial charge on any atom is 0.303 e. The van der Waals surface area contributed by atoms with Gasteiger partial charge in [0.1, 0.15) is 11.7 Å². The third-order valence-electron chi connectivity index (χ3n) is 1.39. The molecule has 0 bridgehead atoms. The number of hydrogen-bond acceptors (Lipinski definition) is 1. The lowest BCUT2D eigenvalue weighted by atomic mass is 10.4. The van der Waals surface area contributed by atoms with Gasteiger partial charge in [-0.15, -0.1) is 0 Å². The van der Waals surface area contributed by atoms with E-state index in [-0.39, 0.29) is 0 Å². The Morgan fingerprint density at radius 3 is 3.09 bits per heavy atom. The van der Waals surface area contributed by atoms with Gasteiger partial charge in [0.25, 0.3) is 4.77 Å². The highest BCUT2D eigenvalue weighted by atomic mass is 79.9. The first kappa shape index (κ1) is 7.00. The van der Waals surface area contributed by atoms with E-state index in [2.05, 4.69) is 30.9 Å². The molecule has 0 aromatic carbocycles. The Kier molecular flexibility index (Phi) is 1.54. The van der Waals surface area contributed by atoms with Crippen molar-refractivity contribution in [1.29, 1.82) is 0 Å². The van der Waals surface area contributed by atoms with Crippen LogP contribution < -0.4 is 4.98 Å². The molecule has 0 aliphatic carbocycles. The molecule has 2 rings (SSSR count). The topological polar surface area (TPSA) is 45.7 Å². The van der Waals surface area contributed by atoms with Crippen molar-refractivity contribution in [2.24, 2.45) is 0 Å². The van der Waals surface area contributed by atoms with Gasteiger partial charge in [-0.3, -0.25) is 0 Å². The fourth-order valence-electron chi connectivity index (χ4n) is 0.940. The lowest BCUT2D eigenvalue weighted by Crippen LogP contribution is -2.01. The van der Waals surface area contributed by atoms with Crippen LogP contribution in [0.3, 0.4) is 0 Å². The molecule has 0 aliphatic heterocycles. The molecule has 0 saturated heterocycles. The fraction of sp³-hybridized carbons (Fsp3) is 0. The Balaban J connectivity index is 2.92. The van der Waals surface area contributed by atoms with Gasteiger partial charge >= 0.3 is 5.65 Å². The Hall–Kier alpha value is -0.680. The van der Waals surface area contributed by atoms with Crippen LogP contribution in [0.4, 0.5) is 0 Å². The van der Waals surface area contributed by atoms with Gasteiger partial charge in [-0.1, -0.05) is 0 Å². The Labute approximate surface area is 76.0 Å². The number of aromatic nitrogens is 3. The van der Waals surface area contributed by atoms with Gasteiger partial charge in [-0.05, 0) is 34.2 Å². The summed E-state index contributed by atoms with van der Waals surface area (Å²) in [6, 6.07) is 1.96. The maximum absolute atomic E-state index is 4.91. The summed E-state index contributed by atoms with van der Waals surface area (Å²) in [7, 11) is 0. The van der Waals surface area contributed by atoms with Crippen molar-refractivity contribution in [3.8, 4) is 0 Å². The number of pyridine rings is 1. The van der Waals surface area contributed by atoms with E-state index >= 15 is 0 Å². The van der Waals surface area contributed by atoms with Crippen LogP contribution in [-0.2, 0) is 0 Å². The Bertz CT molecular complexity index is 444. The van der Waals surface area contributed by atoms with Crippen LogP contribution in [0.15, 0.2) is 16.7 Å². The van der Waals surface area contributed by atoms with Crippen LogP contribution in [0.5, 0.6) is 0 Å². The highest BCUT2D eigenvalue weighted by Crippen LogP contribution is 2.10. The van der Waals surface area contributed by atoms with Gasteiger partial charge in [0.15, 0.2) is 0 Å². The minimum Gasteiger partial charge on any atom is -0.306 e. The van der Waals surface area contributed by atoms with Crippen LogP contribution in [0.1, 0.15) is 0 Å². The minimum absolute atomic E-state index is 0.634. The highest BCUT2D eigenvalue weighted by Gasteiger charge is 2.02. The summed E-state index contributed by atoms with van der Waals surface area (Å²) in [6.07, 6.45) is 1.85. The SMILES string of the molecule is S=c1[nH]c2cc(Br)c[nH+]c2[nH]1. The van der Waals surface area contributed by atoms with Crippen molar-refractivity contribution >= 4 is 39.3 Å². The van der Waals surface area contributed by atoms with Crippen LogP contribution in [0.25, 0.3) is 11.2 Å². The third-order valence-corrected chi connectivity index (χ3v) is 2.05. The van der Waals surface area contributed by atoms with E-state index in [1.807, 2.05) is 12.3 Å². The molecule has 2 aromatic rings. The van der Waals surface area contributed by atoms with E-state index in [0.717, 1.165) is 15.6 Å². The second kappa shape index (κ2) is 2.42. The molecular weight excluding hydrogens is 226 g/mol. The average Bonchev–Trinajstić information content (AvgIpc) is 2.27. The predicted molar refractivity (Wildman–Crippen MR) is 47.7 cm³/mol. The van der Waals surface area contributed by atoms with E-state index < -0.39 is 0 Å². The largest absolute Gasteiger partial charge is 0.306 e. The number of fused-ring (bicyclic) bond motifs is 1. The van der Waals surface area contributed by atoms with Crippen molar-refractivity contribution in [3.05, 3.63) is 21.5 Å². The molecule has 3 N–H and O–H groups in total. The first-order chi connectivity index (χ1) is 5.25. The quantitative estimate of drug-likeness (QED) is 0.667. The van der Waals surface area contributed by atoms with Gasteiger partial charge in [0.05, 0.1) is 4.47 Å². The summed E-state index contributed by atoms with van der Waals surface area (Å²) in [4.78, 5) is 9.01. The van der Waals surface area contributed by atoms with Crippen molar-refractivity contribution in [3.63, 3.8) is 0 Å². The van der Waals surface area contributed by atoms with Crippen molar-refractivity contribution < 1.29 is 4.98 Å². The van der Waals surface area contributed by atoms with Gasteiger partial charge in [0.2, 0.25) is 0 Å². The molecular formula is C6H5BrN3S+. The third kappa shape index (κ3) is 1.21. The second-order valence-corrected chi connectivity index (χ2v) is 3.51. The Morgan fingerprint density at radius 2 is 2.27 bits per heavy atom. The number of halogens is 1. The van der Waals surface area contributed by atoms with Gasteiger partial charge in [0, 0.05) is 0 Å². The first-order valence-electron chi connectivity index (χ1n) is 3.05.